The second-order valence-corrected chi connectivity index (χ2v) is 5.42. The monoisotopic (exact) mass is 390 g/mol. The first kappa shape index (κ1) is 14.3. The van der Waals surface area contributed by atoms with Crippen molar-refractivity contribution in [2.45, 2.75) is 0 Å². The van der Waals surface area contributed by atoms with Crippen LogP contribution in [-0.2, 0) is 0 Å². The molecule has 0 spiro atoms. The van der Waals surface area contributed by atoms with E-state index in [2.05, 4.69) is 22.6 Å². The predicted octanol–water partition coefficient (Wildman–Crippen LogP) is 4.35. The van der Waals surface area contributed by atoms with Crippen molar-refractivity contribution < 1.29 is 13.9 Å². The van der Waals surface area contributed by atoms with Gasteiger partial charge in [-0.1, -0.05) is 29.8 Å². The van der Waals surface area contributed by atoms with Crippen LogP contribution in [-0.4, -0.2) is 12.4 Å². The van der Waals surface area contributed by atoms with Crippen molar-refractivity contribution in [3.05, 3.63) is 62.4 Å². The Balaban J connectivity index is 2.04. The third kappa shape index (κ3) is 3.67. The summed E-state index contributed by atoms with van der Waals surface area (Å²) in [5.74, 6) is -0.887. The number of carbonyl (C=O) groups is 1. The number of halogens is 3. The van der Waals surface area contributed by atoms with Crippen LogP contribution in [0.5, 0.6) is 5.75 Å². The molecule has 0 atom stereocenters. The molecule has 0 aromatic heterocycles. The molecular formula is C14H9ClFIO2. The molecule has 0 radical (unpaired) electrons. The van der Waals surface area contributed by atoms with E-state index in [0.29, 0.717) is 5.56 Å². The second-order valence-electron chi connectivity index (χ2n) is 3.77. The number of ether oxygens (including phenoxy) is 1. The van der Waals surface area contributed by atoms with Gasteiger partial charge >= 0.3 is 0 Å². The van der Waals surface area contributed by atoms with Gasteiger partial charge in [-0.05, 0) is 46.9 Å². The van der Waals surface area contributed by atoms with Crippen molar-refractivity contribution in [3.63, 3.8) is 0 Å². The van der Waals surface area contributed by atoms with E-state index in [1.54, 1.807) is 18.2 Å². The molecule has 0 heterocycles. The first-order chi connectivity index (χ1) is 9.08. The van der Waals surface area contributed by atoms with Crippen molar-refractivity contribution in [2.24, 2.45) is 0 Å². The van der Waals surface area contributed by atoms with Gasteiger partial charge in [-0.2, -0.15) is 0 Å². The summed E-state index contributed by atoms with van der Waals surface area (Å²) in [6.45, 7) is -0.224. The summed E-state index contributed by atoms with van der Waals surface area (Å²) < 4.78 is 19.7. The SMILES string of the molecule is O=C(COc1cccc(Cl)c1F)c1ccc(I)cc1. The summed E-state index contributed by atoms with van der Waals surface area (Å²) in [7, 11) is 0. The van der Waals surface area contributed by atoms with Crippen LogP contribution in [0.25, 0.3) is 0 Å². The minimum absolute atomic E-state index is 0.0219. The fraction of sp³-hybridized carbons (Fsp3) is 0.0714. The van der Waals surface area contributed by atoms with E-state index in [1.807, 2.05) is 12.1 Å². The minimum Gasteiger partial charge on any atom is -0.482 e. The van der Waals surface area contributed by atoms with Gasteiger partial charge < -0.3 is 4.74 Å². The Labute approximate surface area is 128 Å². The number of hydrogen-bond acceptors (Lipinski definition) is 2. The summed E-state index contributed by atoms with van der Waals surface area (Å²) in [5, 5.41) is -0.0285. The molecule has 5 heteroatoms. The number of carbonyl (C=O) groups excluding carboxylic acids is 1. The van der Waals surface area contributed by atoms with E-state index < -0.39 is 5.82 Å². The molecule has 2 rings (SSSR count). The number of rotatable bonds is 4. The summed E-state index contributed by atoms with van der Waals surface area (Å²) in [5.41, 5.74) is 0.530. The molecule has 0 bridgehead atoms. The number of Topliss-reactive ketones (excluding diaryl/α,β-unsaturated/α-hetero) is 1. The van der Waals surface area contributed by atoms with Gasteiger partial charge in [0.05, 0.1) is 5.02 Å². The van der Waals surface area contributed by atoms with Gasteiger partial charge in [0.25, 0.3) is 0 Å². The fourth-order valence-corrected chi connectivity index (χ4v) is 1.98. The van der Waals surface area contributed by atoms with E-state index in [1.165, 1.54) is 12.1 Å². The van der Waals surface area contributed by atoms with Crippen molar-refractivity contribution >= 4 is 40.0 Å². The summed E-state index contributed by atoms with van der Waals surface area (Å²) >= 11 is 7.77. The van der Waals surface area contributed by atoms with Crippen LogP contribution >= 0.6 is 34.2 Å². The number of ketones is 1. The maximum Gasteiger partial charge on any atom is 0.200 e. The summed E-state index contributed by atoms with van der Waals surface area (Å²) in [6, 6.07) is 11.5. The van der Waals surface area contributed by atoms with Gasteiger partial charge in [0.1, 0.15) is 0 Å². The lowest BCUT2D eigenvalue weighted by molar-refractivity contribution is 0.0919. The zero-order valence-electron chi connectivity index (χ0n) is 9.70. The van der Waals surface area contributed by atoms with Crippen molar-refractivity contribution in [1.29, 1.82) is 0 Å². The molecule has 98 valence electrons. The minimum atomic E-state index is -0.653. The summed E-state index contributed by atoms with van der Waals surface area (Å²) in [4.78, 5) is 11.8. The van der Waals surface area contributed by atoms with Crippen molar-refractivity contribution in [3.8, 4) is 5.75 Å². The molecular weight excluding hydrogens is 382 g/mol. The molecule has 0 aliphatic heterocycles. The van der Waals surface area contributed by atoms with E-state index in [4.69, 9.17) is 16.3 Å². The molecule has 2 nitrogen and oxygen atoms in total. The van der Waals surface area contributed by atoms with Gasteiger partial charge in [0.15, 0.2) is 24.0 Å². The van der Waals surface area contributed by atoms with Crippen LogP contribution in [0.15, 0.2) is 42.5 Å². The Kier molecular flexibility index (Phi) is 4.76. The molecule has 2 aromatic carbocycles. The average Bonchev–Trinajstić information content (AvgIpc) is 2.41. The zero-order valence-corrected chi connectivity index (χ0v) is 12.6. The smallest absolute Gasteiger partial charge is 0.200 e. The predicted molar refractivity (Wildman–Crippen MR) is 80.4 cm³/mol. The molecule has 0 unspecified atom stereocenters. The average molecular weight is 391 g/mol. The largest absolute Gasteiger partial charge is 0.482 e. The van der Waals surface area contributed by atoms with Crippen molar-refractivity contribution in [1.82, 2.24) is 0 Å². The quantitative estimate of drug-likeness (QED) is 0.573. The van der Waals surface area contributed by atoms with Gasteiger partial charge in [0, 0.05) is 9.13 Å². The lowest BCUT2D eigenvalue weighted by atomic mass is 10.1. The number of benzene rings is 2. The highest BCUT2D eigenvalue weighted by Crippen LogP contribution is 2.24. The standard InChI is InChI=1S/C14H9ClFIO2/c15-11-2-1-3-13(14(11)16)19-8-12(18)9-4-6-10(17)7-5-9/h1-7H,8H2. The van der Waals surface area contributed by atoms with Crippen LogP contribution in [0.4, 0.5) is 4.39 Å². The van der Waals surface area contributed by atoms with E-state index in [9.17, 15) is 9.18 Å². The lowest BCUT2D eigenvalue weighted by Gasteiger charge is -2.07. The maximum atomic E-state index is 13.5. The third-order valence-electron chi connectivity index (χ3n) is 2.44. The van der Waals surface area contributed by atoms with Gasteiger partial charge in [0.2, 0.25) is 0 Å². The van der Waals surface area contributed by atoms with E-state index in [0.717, 1.165) is 3.57 Å². The second kappa shape index (κ2) is 6.34. The Morgan fingerprint density at radius 3 is 2.58 bits per heavy atom. The van der Waals surface area contributed by atoms with Gasteiger partial charge in [-0.15, -0.1) is 0 Å². The zero-order chi connectivity index (χ0) is 13.8. The molecule has 0 aliphatic carbocycles. The van der Waals surface area contributed by atoms with Crippen LogP contribution in [0, 0.1) is 9.39 Å². The molecule has 0 amide bonds. The van der Waals surface area contributed by atoms with E-state index >= 15 is 0 Å². The Morgan fingerprint density at radius 1 is 1.21 bits per heavy atom. The van der Waals surface area contributed by atoms with Gasteiger partial charge in [-0.3, -0.25) is 4.79 Å². The third-order valence-corrected chi connectivity index (χ3v) is 3.45. The Morgan fingerprint density at radius 2 is 1.89 bits per heavy atom. The number of hydrogen-bond donors (Lipinski definition) is 0. The molecule has 0 saturated carbocycles. The maximum absolute atomic E-state index is 13.5. The highest BCUT2D eigenvalue weighted by molar-refractivity contribution is 14.1. The van der Waals surface area contributed by atoms with Crippen LogP contribution < -0.4 is 4.74 Å². The van der Waals surface area contributed by atoms with Crippen LogP contribution in [0.2, 0.25) is 5.02 Å². The molecule has 2 aromatic rings. The first-order valence-electron chi connectivity index (χ1n) is 5.43. The fourth-order valence-electron chi connectivity index (χ4n) is 1.46. The molecule has 19 heavy (non-hydrogen) atoms. The highest BCUT2D eigenvalue weighted by Gasteiger charge is 2.11. The first-order valence-corrected chi connectivity index (χ1v) is 6.89. The lowest BCUT2D eigenvalue weighted by Crippen LogP contribution is -2.12. The molecule has 0 N–H and O–H groups in total. The Bertz CT molecular complexity index is 599. The Hall–Kier alpha value is -1.14. The molecule has 0 saturated heterocycles. The topological polar surface area (TPSA) is 26.3 Å². The van der Waals surface area contributed by atoms with Gasteiger partial charge in [-0.25, -0.2) is 4.39 Å². The van der Waals surface area contributed by atoms with Crippen LogP contribution in [0.1, 0.15) is 10.4 Å². The van der Waals surface area contributed by atoms with E-state index in [-0.39, 0.29) is 23.2 Å². The van der Waals surface area contributed by atoms with Crippen LogP contribution in [0.3, 0.4) is 0 Å². The molecule has 0 fully saturated rings. The summed E-state index contributed by atoms with van der Waals surface area (Å²) in [6.07, 6.45) is 0. The normalized spacial score (nSPS) is 10.3. The highest BCUT2D eigenvalue weighted by atomic mass is 127. The van der Waals surface area contributed by atoms with Crippen molar-refractivity contribution in [2.75, 3.05) is 6.61 Å². The molecule has 0 aliphatic rings.